The minimum absolute atomic E-state index is 0.154. The van der Waals surface area contributed by atoms with E-state index in [1.54, 1.807) is 0 Å². The van der Waals surface area contributed by atoms with Gasteiger partial charge in [-0.1, -0.05) is 13.3 Å². The zero-order valence-electron chi connectivity index (χ0n) is 16.4. The fourth-order valence-corrected chi connectivity index (χ4v) is 2.85. The summed E-state index contributed by atoms with van der Waals surface area (Å²) in [5, 5.41) is 20.7. The van der Waals surface area contributed by atoms with Crippen LogP contribution in [0.2, 0.25) is 0 Å². The van der Waals surface area contributed by atoms with Crippen molar-refractivity contribution in [3.8, 4) is 0 Å². The number of hydrogen-bond acceptors (Lipinski definition) is 6. The van der Waals surface area contributed by atoms with Crippen LogP contribution in [0.5, 0.6) is 0 Å². The third-order valence-electron chi connectivity index (χ3n) is 4.47. The van der Waals surface area contributed by atoms with E-state index in [4.69, 9.17) is 9.84 Å². The standard InChI is InChI=1S/C18H31N7O/c1-5-6-12-26-13-10-19-16(15-9-11-24(21-15)14-7-8-14)17-20-22-23-25(17)18(2,3)4/h9,11,14,16,19H,5-8,10,12-13H2,1-4H3. The second-order valence-electron chi connectivity index (χ2n) is 7.92. The molecule has 0 saturated heterocycles. The smallest absolute Gasteiger partial charge is 0.175 e. The first-order chi connectivity index (χ1) is 12.5. The van der Waals surface area contributed by atoms with Crippen LogP contribution in [0.4, 0.5) is 0 Å². The number of nitrogens with one attached hydrogen (secondary N) is 1. The number of hydrogen-bond donors (Lipinski definition) is 1. The summed E-state index contributed by atoms with van der Waals surface area (Å²) in [7, 11) is 0. The summed E-state index contributed by atoms with van der Waals surface area (Å²) < 4.78 is 9.62. The van der Waals surface area contributed by atoms with E-state index in [0.717, 1.165) is 37.5 Å². The topological polar surface area (TPSA) is 82.7 Å². The molecule has 8 nitrogen and oxygen atoms in total. The SMILES string of the molecule is CCCCOCCNC(c1ccn(C2CC2)n1)c1nnnn1C(C)(C)C. The Morgan fingerprint density at radius 3 is 2.81 bits per heavy atom. The molecule has 0 bridgehead atoms. The maximum Gasteiger partial charge on any atom is 0.175 e. The Morgan fingerprint density at radius 2 is 2.12 bits per heavy atom. The van der Waals surface area contributed by atoms with E-state index in [1.165, 1.54) is 12.8 Å². The molecule has 144 valence electrons. The monoisotopic (exact) mass is 361 g/mol. The molecule has 1 aliphatic rings. The summed E-state index contributed by atoms with van der Waals surface area (Å²) in [4.78, 5) is 0. The van der Waals surface area contributed by atoms with Gasteiger partial charge in [0.25, 0.3) is 0 Å². The highest BCUT2D eigenvalue weighted by Crippen LogP contribution is 2.34. The number of rotatable bonds is 10. The number of tetrazole rings is 1. The van der Waals surface area contributed by atoms with E-state index >= 15 is 0 Å². The van der Waals surface area contributed by atoms with Crippen LogP contribution in [-0.4, -0.2) is 49.7 Å². The van der Waals surface area contributed by atoms with Gasteiger partial charge in [-0.05, 0) is 56.5 Å². The van der Waals surface area contributed by atoms with Gasteiger partial charge in [-0.2, -0.15) is 5.10 Å². The molecule has 1 unspecified atom stereocenters. The number of nitrogens with zero attached hydrogens (tertiary/aromatic N) is 6. The fraction of sp³-hybridized carbons (Fsp3) is 0.778. The fourth-order valence-electron chi connectivity index (χ4n) is 2.85. The van der Waals surface area contributed by atoms with Gasteiger partial charge >= 0.3 is 0 Å². The summed E-state index contributed by atoms with van der Waals surface area (Å²) in [5.74, 6) is 0.784. The molecule has 2 aromatic rings. The van der Waals surface area contributed by atoms with Crippen molar-refractivity contribution in [3.63, 3.8) is 0 Å². The van der Waals surface area contributed by atoms with Crippen molar-refractivity contribution in [2.24, 2.45) is 0 Å². The second kappa shape index (κ2) is 8.26. The van der Waals surface area contributed by atoms with E-state index in [-0.39, 0.29) is 11.6 Å². The third-order valence-corrected chi connectivity index (χ3v) is 4.47. The maximum absolute atomic E-state index is 5.68. The molecule has 2 heterocycles. The molecule has 1 atom stereocenters. The Hall–Kier alpha value is -1.80. The van der Waals surface area contributed by atoms with Crippen LogP contribution in [0.1, 0.15) is 77.0 Å². The average molecular weight is 361 g/mol. The second-order valence-corrected chi connectivity index (χ2v) is 7.92. The van der Waals surface area contributed by atoms with Crippen molar-refractivity contribution in [2.75, 3.05) is 19.8 Å². The molecule has 0 radical (unpaired) electrons. The summed E-state index contributed by atoms with van der Waals surface area (Å²) >= 11 is 0. The zero-order valence-corrected chi connectivity index (χ0v) is 16.4. The zero-order chi connectivity index (χ0) is 18.6. The van der Waals surface area contributed by atoms with E-state index in [2.05, 4.69) is 65.5 Å². The first-order valence-corrected chi connectivity index (χ1v) is 9.65. The van der Waals surface area contributed by atoms with E-state index in [9.17, 15) is 0 Å². The van der Waals surface area contributed by atoms with Crippen molar-refractivity contribution in [3.05, 3.63) is 23.8 Å². The highest BCUT2D eigenvalue weighted by molar-refractivity contribution is 5.16. The number of aromatic nitrogens is 6. The molecule has 26 heavy (non-hydrogen) atoms. The largest absolute Gasteiger partial charge is 0.380 e. The molecule has 0 amide bonds. The molecule has 0 aromatic carbocycles. The Kier molecular flexibility index (Phi) is 6.03. The molecule has 8 heteroatoms. The van der Waals surface area contributed by atoms with Gasteiger partial charge in [-0.3, -0.25) is 10.00 Å². The van der Waals surface area contributed by atoms with Gasteiger partial charge in [0.2, 0.25) is 0 Å². The van der Waals surface area contributed by atoms with E-state index in [1.807, 2.05) is 4.68 Å². The number of unbranched alkanes of at least 4 members (excludes halogenated alkanes) is 1. The van der Waals surface area contributed by atoms with Gasteiger partial charge in [-0.25, -0.2) is 4.68 Å². The Morgan fingerprint density at radius 1 is 1.31 bits per heavy atom. The molecule has 1 fully saturated rings. The Balaban J connectivity index is 1.74. The highest BCUT2D eigenvalue weighted by atomic mass is 16.5. The van der Waals surface area contributed by atoms with Crippen LogP contribution in [0.25, 0.3) is 0 Å². The highest BCUT2D eigenvalue weighted by Gasteiger charge is 2.30. The van der Waals surface area contributed by atoms with Crippen molar-refractivity contribution < 1.29 is 4.74 Å². The third kappa shape index (κ3) is 4.67. The quantitative estimate of drug-likeness (QED) is 0.655. The van der Waals surface area contributed by atoms with Gasteiger partial charge in [0.05, 0.1) is 23.9 Å². The van der Waals surface area contributed by atoms with Crippen LogP contribution in [-0.2, 0) is 10.3 Å². The minimum atomic E-state index is -0.199. The van der Waals surface area contributed by atoms with Gasteiger partial charge in [0, 0.05) is 19.3 Å². The molecule has 1 aliphatic carbocycles. The molecule has 2 aromatic heterocycles. The average Bonchev–Trinajstić information content (AvgIpc) is 3.12. The van der Waals surface area contributed by atoms with Gasteiger partial charge < -0.3 is 4.74 Å². The van der Waals surface area contributed by atoms with Gasteiger partial charge in [0.15, 0.2) is 5.82 Å². The van der Waals surface area contributed by atoms with Crippen molar-refractivity contribution in [2.45, 2.75) is 71.0 Å². The lowest BCUT2D eigenvalue weighted by molar-refractivity contribution is 0.131. The molecule has 0 spiro atoms. The minimum Gasteiger partial charge on any atom is -0.380 e. The van der Waals surface area contributed by atoms with Gasteiger partial charge in [-0.15, -0.1) is 5.10 Å². The molecular formula is C18H31N7O. The summed E-state index contributed by atoms with van der Waals surface area (Å²) in [6, 6.07) is 2.47. The maximum atomic E-state index is 5.68. The van der Waals surface area contributed by atoms with E-state index in [0.29, 0.717) is 12.6 Å². The summed E-state index contributed by atoms with van der Waals surface area (Å²) in [5.41, 5.74) is 0.751. The Bertz CT molecular complexity index is 684. The van der Waals surface area contributed by atoms with Crippen LogP contribution in [0, 0.1) is 0 Å². The lowest BCUT2D eigenvalue weighted by Gasteiger charge is -2.24. The first kappa shape index (κ1) is 19.0. The molecule has 1 saturated carbocycles. The predicted octanol–water partition coefficient (Wildman–Crippen LogP) is 2.46. The van der Waals surface area contributed by atoms with E-state index < -0.39 is 0 Å². The van der Waals surface area contributed by atoms with Crippen molar-refractivity contribution in [1.29, 1.82) is 0 Å². The van der Waals surface area contributed by atoms with Gasteiger partial charge in [0.1, 0.15) is 6.04 Å². The van der Waals surface area contributed by atoms with Crippen molar-refractivity contribution >= 4 is 0 Å². The first-order valence-electron chi connectivity index (χ1n) is 9.65. The Labute approximate surface area is 155 Å². The van der Waals surface area contributed by atoms with Crippen LogP contribution >= 0.6 is 0 Å². The summed E-state index contributed by atoms with van der Waals surface area (Å²) in [6.45, 7) is 10.7. The molecule has 1 N–H and O–H groups in total. The van der Waals surface area contributed by atoms with Crippen molar-refractivity contribution in [1.82, 2.24) is 35.3 Å². The van der Waals surface area contributed by atoms with Crippen LogP contribution < -0.4 is 5.32 Å². The molecular weight excluding hydrogens is 330 g/mol. The van der Waals surface area contributed by atoms with Crippen LogP contribution in [0.3, 0.4) is 0 Å². The normalized spacial score (nSPS) is 16.2. The lowest BCUT2D eigenvalue weighted by atomic mass is 10.1. The molecule has 0 aliphatic heterocycles. The lowest BCUT2D eigenvalue weighted by Crippen LogP contribution is -2.33. The predicted molar refractivity (Wildman–Crippen MR) is 98.9 cm³/mol. The van der Waals surface area contributed by atoms with Crippen LogP contribution in [0.15, 0.2) is 12.3 Å². The number of ether oxygens (including phenoxy) is 1. The molecule has 3 rings (SSSR count). The summed E-state index contributed by atoms with van der Waals surface area (Å²) in [6.07, 6.45) is 6.73.